The van der Waals surface area contributed by atoms with Crippen LogP contribution in [0.3, 0.4) is 0 Å². The maximum atomic E-state index is 14.1. The van der Waals surface area contributed by atoms with Gasteiger partial charge in [-0.15, -0.1) is 0 Å². The van der Waals surface area contributed by atoms with Gasteiger partial charge in [0.2, 0.25) is 5.91 Å². The van der Waals surface area contributed by atoms with Crippen molar-refractivity contribution in [2.45, 2.75) is 57.3 Å². The minimum absolute atomic E-state index is 0.0263. The molecule has 1 N–H and O–H groups in total. The van der Waals surface area contributed by atoms with Crippen LogP contribution in [0.2, 0.25) is 5.04 Å². The van der Waals surface area contributed by atoms with Crippen molar-refractivity contribution >= 4 is 24.6 Å². The quantitative estimate of drug-likeness (QED) is 0.292. The summed E-state index contributed by atoms with van der Waals surface area (Å²) in [5, 5.41) is 5.19. The molecule has 40 heavy (non-hydrogen) atoms. The summed E-state index contributed by atoms with van der Waals surface area (Å²) in [6.45, 7) is 6.97. The van der Waals surface area contributed by atoms with Crippen LogP contribution >= 0.6 is 0 Å². The molecule has 4 rings (SSSR count). The first-order valence-electron chi connectivity index (χ1n) is 13.9. The third kappa shape index (κ3) is 5.41. The lowest BCUT2D eigenvalue weighted by atomic mass is 9.75. The summed E-state index contributed by atoms with van der Waals surface area (Å²) in [5.74, 6) is -0.298. The lowest BCUT2D eigenvalue weighted by molar-refractivity contribution is -0.151. The van der Waals surface area contributed by atoms with E-state index in [1.165, 1.54) is 0 Å². The number of fused-ring (bicyclic) bond motifs is 1. The normalized spacial score (nSPS) is 26.8. The number of rotatable bonds is 13. The average molecular weight is 572 g/mol. The molecule has 1 amide bonds. The monoisotopic (exact) mass is 571 g/mol. The molecular formula is C31H45NO7Si. The molecule has 2 fully saturated rings. The van der Waals surface area contributed by atoms with Gasteiger partial charge in [-0.2, -0.15) is 0 Å². The van der Waals surface area contributed by atoms with Gasteiger partial charge in [-0.3, -0.25) is 4.79 Å². The number of amides is 1. The van der Waals surface area contributed by atoms with Crippen molar-refractivity contribution in [3.8, 4) is 0 Å². The third-order valence-corrected chi connectivity index (χ3v) is 13.8. The Morgan fingerprint density at radius 3 is 2.00 bits per heavy atom. The Labute approximate surface area is 239 Å². The zero-order valence-corrected chi connectivity index (χ0v) is 25.8. The van der Waals surface area contributed by atoms with Crippen molar-refractivity contribution in [2.75, 3.05) is 41.8 Å². The van der Waals surface area contributed by atoms with Crippen molar-refractivity contribution in [2.24, 2.45) is 17.3 Å². The number of carbonyl (C=O) groups excluding carboxylic acids is 1. The van der Waals surface area contributed by atoms with Crippen LogP contribution in [0.4, 0.5) is 0 Å². The van der Waals surface area contributed by atoms with Gasteiger partial charge in [-0.25, -0.2) is 0 Å². The first-order chi connectivity index (χ1) is 19.2. The Kier molecular flexibility index (Phi) is 9.88. The maximum Gasteiger partial charge on any atom is 0.261 e. The Bertz CT molecular complexity index is 1050. The van der Waals surface area contributed by atoms with Gasteiger partial charge in [-0.1, -0.05) is 81.4 Å². The molecule has 1 unspecified atom stereocenters. The van der Waals surface area contributed by atoms with Crippen LogP contribution in [0.5, 0.6) is 0 Å². The predicted octanol–water partition coefficient (Wildman–Crippen LogP) is 3.29. The van der Waals surface area contributed by atoms with Crippen LogP contribution < -0.4 is 15.7 Å². The van der Waals surface area contributed by atoms with E-state index in [4.69, 9.17) is 28.1 Å². The molecular weight excluding hydrogens is 526 g/mol. The topological polar surface area (TPSA) is 84.5 Å². The second-order valence-electron chi connectivity index (χ2n) is 11.8. The fraction of sp³-hybridized carbons (Fsp3) is 0.581. The van der Waals surface area contributed by atoms with E-state index in [1.54, 1.807) is 28.4 Å². The van der Waals surface area contributed by atoms with Gasteiger partial charge < -0.3 is 33.4 Å². The lowest BCUT2D eigenvalue weighted by Gasteiger charge is -2.45. The molecule has 0 bridgehead atoms. The van der Waals surface area contributed by atoms with Crippen molar-refractivity contribution in [3.63, 3.8) is 0 Å². The molecule has 1 aliphatic heterocycles. The fourth-order valence-corrected chi connectivity index (χ4v) is 11.6. The van der Waals surface area contributed by atoms with Gasteiger partial charge in [0.1, 0.15) is 18.4 Å². The van der Waals surface area contributed by atoms with Gasteiger partial charge in [0.15, 0.2) is 6.29 Å². The number of ether oxygens (including phenoxy) is 5. The highest BCUT2D eigenvalue weighted by Gasteiger charge is 2.68. The predicted molar refractivity (Wildman–Crippen MR) is 156 cm³/mol. The molecule has 1 heterocycles. The smallest absolute Gasteiger partial charge is 0.261 e. The van der Waals surface area contributed by atoms with E-state index in [1.807, 2.05) is 12.1 Å². The Morgan fingerprint density at radius 2 is 1.52 bits per heavy atom. The highest BCUT2D eigenvalue weighted by Crippen LogP contribution is 2.56. The SMILES string of the molecule is COCO[C@H]1C[C@@H](CC(OC)OC)[C@H]2C(OC)NC(=O)[C@@]12CO[Si](c1ccccc1)(c1ccccc1)C(C)(C)C. The van der Waals surface area contributed by atoms with Gasteiger partial charge in [0.25, 0.3) is 8.32 Å². The number of benzene rings is 2. The first kappa shape index (κ1) is 30.8. The minimum Gasteiger partial charge on any atom is -0.406 e. The first-order valence-corrected chi connectivity index (χ1v) is 15.8. The summed E-state index contributed by atoms with van der Waals surface area (Å²) >= 11 is 0. The summed E-state index contributed by atoms with van der Waals surface area (Å²) in [6, 6.07) is 20.9. The van der Waals surface area contributed by atoms with E-state index in [0.29, 0.717) is 12.8 Å². The van der Waals surface area contributed by atoms with E-state index in [0.717, 1.165) is 10.4 Å². The van der Waals surface area contributed by atoms with E-state index >= 15 is 0 Å². The van der Waals surface area contributed by atoms with E-state index < -0.39 is 32.4 Å². The number of methoxy groups -OCH3 is 4. The summed E-state index contributed by atoms with van der Waals surface area (Å²) < 4.78 is 36.0. The number of carbonyl (C=O) groups is 1. The van der Waals surface area contributed by atoms with E-state index in [-0.39, 0.29) is 36.2 Å². The molecule has 1 saturated heterocycles. The molecule has 2 aliphatic rings. The van der Waals surface area contributed by atoms with Crippen LogP contribution in [-0.4, -0.2) is 74.7 Å². The van der Waals surface area contributed by atoms with Gasteiger partial charge in [0.05, 0.1) is 12.7 Å². The fourth-order valence-electron chi connectivity index (χ4n) is 7.03. The Balaban J connectivity index is 1.83. The standard InChI is InChI=1S/C31H45NO7Si/c1-30(2,3)40(23-14-10-8-11-15-23,24-16-12-9-13-17-24)39-20-31-25(38-21-34-4)18-22(19-26(35-5)36-6)27(31)28(37-7)32-29(31)33/h8-17,22,25-28H,18-21H2,1-7H3,(H,32,33)/t22-,25-,27-,28?,31-/m0/s1. The van der Waals surface area contributed by atoms with Crippen LogP contribution in [-0.2, 0) is 32.9 Å². The zero-order chi connectivity index (χ0) is 29.0. The second-order valence-corrected chi connectivity index (χ2v) is 16.1. The molecule has 0 spiro atoms. The molecule has 220 valence electrons. The minimum atomic E-state index is -2.93. The maximum absolute atomic E-state index is 14.1. The van der Waals surface area contributed by atoms with Crippen molar-refractivity contribution < 1.29 is 32.9 Å². The zero-order valence-electron chi connectivity index (χ0n) is 24.8. The van der Waals surface area contributed by atoms with Crippen LogP contribution in [0.1, 0.15) is 33.6 Å². The summed E-state index contributed by atoms with van der Waals surface area (Å²) in [5.41, 5.74) is -0.983. The van der Waals surface area contributed by atoms with E-state index in [9.17, 15) is 4.79 Å². The van der Waals surface area contributed by atoms with Crippen LogP contribution in [0.25, 0.3) is 0 Å². The molecule has 1 saturated carbocycles. The summed E-state index contributed by atoms with van der Waals surface area (Å²) in [7, 11) is 3.56. The Hall–Kier alpha value is -2.11. The van der Waals surface area contributed by atoms with E-state index in [2.05, 4.69) is 74.6 Å². The average Bonchev–Trinajstić information content (AvgIpc) is 3.43. The number of nitrogens with one attached hydrogen (secondary N) is 1. The van der Waals surface area contributed by atoms with Crippen molar-refractivity contribution in [1.82, 2.24) is 5.32 Å². The molecule has 2 aromatic carbocycles. The molecule has 8 nitrogen and oxygen atoms in total. The lowest BCUT2D eigenvalue weighted by Crippen LogP contribution is -2.68. The summed E-state index contributed by atoms with van der Waals surface area (Å²) in [4.78, 5) is 14.1. The van der Waals surface area contributed by atoms with Crippen LogP contribution in [0.15, 0.2) is 60.7 Å². The van der Waals surface area contributed by atoms with Crippen molar-refractivity contribution in [3.05, 3.63) is 60.7 Å². The number of hydrogen-bond acceptors (Lipinski definition) is 7. The largest absolute Gasteiger partial charge is 0.406 e. The van der Waals surface area contributed by atoms with Gasteiger partial charge >= 0.3 is 0 Å². The second kappa shape index (κ2) is 12.8. The highest BCUT2D eigenvalue weighted by atomic mass is 28.4. The molecule has 1 aliphatic carbocycles. The molecule has 5 atom stereocenters. The highest BCUT2D eigenvalue weighted by molar-refractivity contribution is 6.99. The van der Waals surface area contributed by atoms with Crippen LogP contribution in [0, 0.1) is 17.3 Å². The Morgan fingerprint density at radius 1 is 0.950 bits per heavy atom. The van der Waals surface area contributed by atoms with Gasteiger partial charge in [-0.05, 0) is 27.8 Å². The molecule has 0 aromatic heterocycles. The number of hydrogen-bond donors (Lipinski definition) is 1. The van der Waals surface area contributed by atoms with Crippen molar-refractivity contribution in [1.29, 1.82) is 0 Å². The molecule has 2 aromatic rings. The third-order valence-electron chi connectivity index (χ3n) is 8.82. The molecule has 9 heteroatoms. The molecule has 0 radical (unpaired) electrons. The summed E-state index contributed by atoms with van der Waals surface area (Å²) in [6.07, 6.45) is -0.0924. The van der Waals surface area contributed by atoms with Gasteiger partial charge in [0, 0.05) is 40.8 Å².